The van der Waals surface area contributed by atoms with Crippen molar-refractivity contribution in [3.05, 3.63) is 71.5 Å². The van der Waals surface area contributed by atoms with Crippen LogP contribution in [0.15, 0.2) is 59.7 Å². The first-order valence-corrected chi connectivity index (χ1v) is 10.8. The van der Waals surface area contributed by atoms with Gasteiger partial charge in [0, 0.05) is 37.9 Å². The molecule has 0 aliphatic carbocycles. The van der Waals surface area contributed by atoms with Crippen LogP contribution in [0.25, 0.3) is 0 Å². The number of rotatable bonds is 4. The van der Waals surface area contributed by atoms with Crippen molar-refractivity contribution < 1.29 is 18.7 Å². The van der Waals surface area contributed by atoms with E-state index in [0.717, 1.165) is 31.5 Å². The van der Waals surface area contributed by atoms with Gasteiger partial charge in [-0.3, -0.25) is 9.69 Å². The summed E-state index contributed by atoms with van der Waals surface area (Å²) < 4.78 is 26.0. The third kappa shape index (κ3) is 4.13. The lowest BCUT2D eigenvalue weighted by Crippen LogP contribution is -2.48. The van der Waals surface area contributed by atoms with Crippen molar-refractivity contribution in [1.82, 2.24) is 9.91 Å². The Hall–Kier alpha value is -2.61. The van der Waals surface area contributed by atoms with Gasteiger partial charge in [0.05, 0.1) is 31.5 Å². The molecule has 0 saturated carbocycles. The SMILES string of the molecule is O=C(CN1CCC2(CC1)OCCO2)N1N=C(c2ccccc2F)CC1c1ccccc1. The first-order chi connectivity index (χ1) is 15.1. The molecule has 3 heterocycles. The Morgan fingerprint density at radius 3 is 2.42 bits per heavy atom. The largest absolute Gasteiger partial charge is 0.347 e. The quantitative estimate of drug-likeness (QED) is 0.757. The van der Waals surface area contributed by atoms with Gasteiger partial charge in [-0.2, -0.15) is 5.10 Å². The molecule has 5 rings (SSSR count). The Morgan fingerprint density at radius 1 is 1.03 bits per heavy atom. The van der Waals surface area contributed by atoms with E-state index in [-0.39, 0.29) is 24.3 Å². The smallest absolute Gasteiger partial charge is 0.257 e. The molecule has 0 N–H and O–H groups in total. The molecule has 0 aromatic heterocycles. The monoisotopic (exact) mass is 423 g/mol. The Labute approximate surface area is 181 Å². The lowest BCUT2D eigenvalue weighted by atomic mass is 9.98. The van der Waals surface area contributed by atoms with Gasteiger partial charge in [0.25, 0.3) is 5.91 Å². The standard InChI is InChI=1S/C24H26FN3O3/c25-20-9-5-4-8-19(20)21-16-22(18-6-2-1-3-7-18)28(26-21)23(29)17-27-12-10-24(11-13-27)30-14-15-31-24/h1-9,22H,10-17H2. The highest BCUT2D eigenvalue weighted by Crippen LogP contribution is 2.34. The zero-order chi connectivity index (χ0) is 21.3. The average molecular weight is 423 g/mol. The Kier molecular flexibility index (Phi) is 5.56. The van der Waals surface area contributed by atoms with E-state index in [4.69, 9.17) is 9.47 Å². The second-order valence-corrected chi connectivity index (χ2v) is 8.28. The number of carbonyl (C=O) groups excluding carboxylic acids is 1. The number of amides is 1. The Balaban J connectivity index is 1.34. The van der Waals surface area contributed by atoms with Crippen LogP contribution in [0.1, 0.15) is 36.4 Å². The summed E-state index contributed by atoms with van der Waals surface area (Å²) in [4.78, 5) is 15.4. The van der Waals surface area contributed by atoms with Crippen LogP contribution < -0.4 is 0 Å². The minimum Gasteiger partial charge on any atom is -0.347 e. The van der Waals surface area contributed by atoms with E-state index in [0.29, 0.717) is 30.9 Å². The predicted octanol–water partition coefficient (Wildman–Crippen LogP) is 3.34. The van der Waals surface area contributed by atoms with Crippen LogP contribution in [0.3, 0.4) is 0 Å². The van der Waals surface area contributed by atoms with Gasteiger partial charge in [-0.05, 0) is 11.6 Å². The summed E-state index contributed by atoms with van der Waals surface area (Å²) in [5.74, 6) is -0.861. The van der Waals surface area contributed by atoms with E-state index in [1.807, 2.05) is 30.3 Å². The zero-order valence-corrected chi connectivity index (χ0v) is 17.4. The molecule has 31 heavy (non-hydrogen) atoms. The van der Waals surface area contributed by atoms with Crippen LogP contribution in [0.2, 0.25) is 0 Å². The van der Waals surface area contributed by atoms with Gasteiger partial charge in [0.15, 0.2) is 5.79 Å². The van der Waals surface area contributed by atoms with E-state index < -0.39 is 5.79 Å². The summed E-state index contributed by atoms with van der Waals surface area (Å²) in [5.41, 5.74) is 2.05. The molecule has 1 atom stereocenters. The van der Waals surface area contributed by atoms with Gasteiger partial charge in [0.1, 0.15) is 5.82 Å². The number of ether oxygens (including phenoxy) is 2. The summed E-state index contributed by atoms with van der Waals surface area (Å²) in [6, 6.07) is 16.2. The molecular weight excluding hydrogens is 397 g/mol. The number of carbonyl (C=O) groups is 1. The van der Waals surface area contributed by atoms with Crippen molar-refractivity contribution in [3.63, 3.8) is 0 Å². The second-order valence-electron chi connectivity index (χ2n) is 8.28. The normalized spacial score (nSPS) is 23.3. The number of nitrogens with zero attached hydrogens (tertiary/aromatic N) is 3. The molecule has 162 valence electrons. The summed E-state index contributed by atoms with van der Waals surface area (Å²) in [5, 5.41) is 6.14. The van der Waals surface area contributed by atoms with Gasteiger partial charge in [0.2, 0.25) is 0 Å². The Bertz CT molecular complexity index is 965. The van der Waals surface area contributed by atoms with Crippen LogP contribution in [0, 0.1) is 5.82 Å². The van der Waals surface area contributed by atoms with E-state index in [1.165, 1.54) is 6.07 Å². The average Bonchev–Trinajstić information content (AvgIpc) is 3.44. The third-order valence-electron chi connectivity index (χ3n) is 6.33. The van der Waals surface area contributed by atoms with Gasteiger partial charge in [-0.15, -0.1) is 0 Å². The lowest BCUT2D eigenvalue weighted by molar-refractivity contribution is -0.186. The molecule has 2 saturated heterocycles. The summed E-state index contributed by atoms with van der Waals surface area (Å²) in [7, 11) is 0. The molecule has 1 amide bonds. The molecule has 0 radical (unpaired) electrons. The van der Waals surface area contributed by atoms with Crippen molar-refractivity contribution in [1.29, 1.82) is 0 Å². The van der Waals surface area contributed by atoms with E-state index in [2.05, 4.69) is 10.0 Å². The van der Waals surface area contributed by atoms with Crippen LogP contribution >= 0.6 is 0 Å². The van der Waals surface area contributed by atoms with Gasteiger partial charge >= 0.3 is 0 Å². The second kappa shape index (κ2) is 8.49. The topological polar surface area (TPSA) is 54.4 Å². The first-order valence-electron chi connectivity index (χ1n) is 10.8. The molecule has 3 aliphatic heterocycles. The lowest BCUT2D eigenvalue weighted by Gasteiger charge is -2.37. The maximum absolute atomic E-state index is 14.4. The van der Waals surface area contributed by atoms with Gasteiger partial charge in [-0.1, -0.05) is 48.5 Å². The molecular formula is C24H26FN3O3. The summed E-state index contributed by atoms with van der Waals surface area (Å²) >= 11 is 0. The molecule has 2 fully saturated rings. The number of halogens is 1. The van der Waals surface area contributed by atoms with E-state index in [1.54, 1.807) is 23.2 Å². The van der Waals surface area contributed by atoms with Crippen LogP contribution in [0.5, 0.6) is 0 Å². The molecule has 0 bridgehead atoms. The molecule has 7 heteroatoms. The van der Waals surface area contributed by atoms with Crippen LogP contribution in [-0.4, -0.2) is 60.2 Å². The number of benzene rings is 2. The summed E-state index contributed by atoms with van der Waals surface area (Å²) in [6.07, 6.45) is 2.00. The fourth-order valence-corrected chi connectivity index (χ4v) is 4.63. The summed E-state index contributed by atoms with van der Waals surface area (Å²) in [6.45, 7) is 3.02. The molecule has 3 aliphatic rings. The Morgan fingerprint density at radius 2 is 1.71 bits per heavy atom. The fraction of sp³-hybridized carbons (Fsp3) is 0.417. The van der Waals surface area contributed by atoms with E-state index in [9.17, 15) is 9.18 Å². The highest BCUT2D eigenvalue weighted by atomic mass is 19.1. The van der Waals surface area contributed by atoms with Crippen molar-refractivity contribution in [2.45, 2.75) is 31.1 Å². The molecule has 2 aromatic rings. The maximum atomic E-state index is 14.4. The highest BCUT2D eigenvalue weighted by Gasteiger charge is 2.41. The third-order valence-corrected chi connectivity index (χ3v) is 6.33. The first kappa shape index (κ1) is 20.3. The van der Waals surface area contributed by atoms with Crippen LogP contribution in [-0.2, 0) is 14.3 Å². The molecule has 2 aromatic carbocycles. The number of hydrazone groups is 1. The zero-order valence-electron chi connectivity index (χ0n) is 17.4. The number of piperidine rings is 1. The highest BCUT2D eigenvalue weighted by molar-refractivity contribution is 6.03. The van der Waals surface area contributed by atoms with Crippen LogP contribution in [0.4, 0.5) is 4.39 Å². The van der Waals surface area contributed by atoms with Crippen molar-refractivity contribution in [3.8, 4) is 0 Å². The minimum atomic E-state index is -0.462. The fourth-order valence-electron chi connectivity index (χ4n) is 4.63. The molecule has 1 spiro atoms. The van der Waals surface area contributed by atoms with Crippen molar-refractivity contribution in [2.24, 2.45) is 5.10 Å². The van der Waals surface area contributed by atoms with E-state index >= 15 is 0 Å². The predicted molar refractivity (Wildman–Crippen MR) is 114 cm³/mol. The van der Waals surface area contributed by atoms with Gasteiger partial charge < -0.3 is 9.47 Å². The molecule has 6 nitrogen and oxygen atoms in total. The maximum Gasteiger partial charge on any atom is 0.257 e. The number of likely N-dealkylation sites (tertiary alicyclic amines) is 1. The number of hydrogen-bond acceptors (Lipinski definition) is 5. The van der Waals surface area contributed by atoms with Crippen molar-refractivity contribution >= 4 is 11.6 Å². The minimum absolute atomic E-state index is 0.0793. The number of hydrogen-bond donors (Lipinski definition) is 0. The molecule has 1 unspecified atom stereocenters. The van der Waals surface area contributed by atoms with Gasteiger partial charge in [-0.25, -0.2) is 9.40 Å². The van der Waals surface area contributed by atoms with Crippen molar-refractivity contribution in [2.75, 3.05) is 32.8 Å².